The Morgan fingerprint density at radius 3 is 2.97 bits per heavy atom. The van der Waals surface area contributed by atoms with Crippen molar-refractivity contribution in [2.24, 2.45) is 5.92 Å². The molecule has 6 rings (SSSR count). The van der Waals surface area contributed by atoms with Crippen LogP contribution < -0.4 is 10.6 Å². The summed E-state index contributed by atoms with van der Waals surface area (Å²) in [6.07, 6.45) is 7.99. The van der Waals surface area contributed by atoms with Crippen LogP contribution in [0.25, 0.3) is 11.2 Å². The molecule has 2 aliphatic heterocycles. The highest BCUT2D eigenvalue weighted by molar-refractivity contribution is 6.09. The quantitative estimate of drug-likeness (QED) is 0.463. The summed E-state index contributed by atoms with van der Waals surface area (Å²) in [6.45, 7) is -0.167. The van der Waals surface area contributed by atoms with E-state index in [0.29, 0.717) is 31.0 Å². The molecular weight excluding hydrogens is 504 g/mol. The Morgan fingerprint density at radius 2 is 2.18 bits per heavy atom. The number of amides is 1. The van der Waals surface area contributed by atoms with Crippen LogP contribution in [0.3, 0.4) is 0 Å². The van der Waals surface area contributed by atoms with Gasteiger partial charge in [-0.1, -0.05) is 6.92 Å². The van der Waals surface area contributed by atoms with E-state index in [1.165, 1.54) is 27.8 Å². The van der Waals surface area contributed by atoms with Gasteiger partial charge in [-0.3, -0.25) is 9.48 Å². The number of ether oxygens (including phenoxy) is 3. The van der Waals surface area contributed by atoms with Gasteiger partial charge in [0.15, 0.2) is 11.7 Å². The number of fused-ring (bicyclic) bond motifs is 2. The molecule has 14 heteroatoms. The van der Waals surface area contributed by atoms with E-state index in [9.17, 15) is 18.4 Å². The Kier molecular flexibility index (Phi) is 6.02. The second kappa shape index (κ2) is 9.52. The first-order valence-electron chi connectivity index (χ1n) is 12.0. The maximum absolute atomic E-state index is 13.6. The van der Waals surface area contributed by atoms with Crippen LogP contribution in [0.1, 0.15) is 35.4 Å². The summed E-state index contributed by atoms with van der Waals surface area (Å²) in [4.78, 5) is 29.8. The number of allylic oxidation sites excluding steroid dienone is 2. The normalized spacial score (nSPS) is 23.2. The molecule has 1 aliphatic carbocycles. The van der Waals surface area contributed by atoms with Crippen LogP contribution in [0.15, 0.2) is 48.4 Å². The lowest BCUT2D eigenvalue weighted by atomic mass is 9.87. The molecule has 0 aromatic carbocycles. The van der Waals surface area contributed by atoms with Gasteiger partial charge in [0, 0.05) is 36.9 Å². The third-order valence-corrected chi connectivity index (χ3v) is 6.71. The molecule has 2 saturated heterocycles. The van der Waals surface area contributed by atoms with Crippen LogP contribution in [-0.4, -0.2) is 68.7 Å². The number of rotatable bonds is 6. The monoisotopic (exact) mass is 527 g/mol. The van der Waals surface area contributed by atoms with Gasteiger partial charge in [-0.05, 0) is 12.1 Å². The minimum Gasteiger partial charge on any atom is -0.495 e. The summed E-state index contributed by atoms with van der Waals surface area (Å²) >= 11 is 0. The van der Waals surface area contributed by atoms with Gasteiger partial charge in [0.1, 0.15) is 29.4 Å². The van der Waals surface area contributed by atoms with E-state index in [-0.39, 0.29) is 40.9 Å². The number of cyclic esters (lactones) is 1. The van der Waals surface area contributed by atoms with Gasteiger partial charge in [0.05, 0.1) is 30.7 Å². The maximum atomic E-state index is 13.6. The third kappa shape index (κ3) is 4.16. The zero-order chi connectivity index (χ0) is 26.4. The van der Waals surface area contributed by atoms with Gasteiger partial charge >= 0.3 is 12.6 Å². The number of carbonyl (C=O) groups is 2. The number of alkyl halides is 2. The molecule has 1 amide bonds. The van der Waals surface area contributed by atoms with E-state index in [4.69, 9.17) is 14.2 Å². The van der Waals surface area contributed by atoms with Crippen LogP contribution in [0.5, 0.6) is 0 Å². The zero-order valence-corrected chi connectivity index (χ0v) is 20.1. The van der Waals surface area contributed by atoms with Crippen molar-refractivity contribution in [3.8, 4) is 0 Å². The molecule has 2 unspecified atom stereocenters. The number of morpholine rings is 1. The molecule has 3 atom stereocenters. The molecule has 2 fully saturated rings. The number of hydrogen-bond acceptors (Lipinski definition) is 9. The number of anilines is 1. The lowest BCUT2D eigenvalue weighted by Crippen LogP contribution is -2.46. The van der Waals surface area contributed by atoms with E-state index < -0.39 is 30.4 Å². The van der Waals surface area contributed by atoms with Crippen molar-refractivity contribution >= 4 is 28.8 Å². The molecule has 2 N–H and O–H groups in total. The molecule has 0 spiro atoms. The minimum atomic E-state index is -3.09. The molecule has 5 heterocycles. The molecule has 38 heavy (non-hydrogen) atoms. The standard InChI is InChI=1S/C24H23F2N7O5/c1-12-18-17(36-8-5-27-18)9-13(20(12)38-24(25)26)19-15(11-33(31-19)16-3-7-37-23(16)35)30-22(34)14-10-29-32-6-2-4-28-21(14)32/h2,4,6,9-12,16,18,24,27H,3,5,7-8H2,1H3,(H,30,34)/t12?,16-,18?/m0/s1. The number of carbonyl (C=O) groups excluding carboxylic acids is 2. The lowest BCUT2D eigenvalue weighted by Gasteiger charge is -2.36. The second-order valence-corrected chi connectivity index (χ2v) is 9.02. The first-order valence-corrected chi connectivity index (χ1v) is 12.0. The van der Waals surface area contributed by atoms with Crippen LogP contribution in [0, 0.1) is 5.92 Å². The predicted octanol–water partition coefficient (Wildman–Crippen LogP) is 2.14. The van der Waals surface area contributed by atoms with Crippen molar-refractivity contribution in [3.05, 3.63) is 59.7 Å². The summed E-state index contributed by atoms with van der Waals surface area (Å²) in [5.41, 5.74) is 1.06. The second-order valence-electron chi connectivity index (χ2n) is 9.02. The van der Waals surface area contributed by atoms with Crippen molar-refractivity contribution in [2.45, 2.75) is 32.0 Å². The summed E-state index contributed by atoms with van der Waals surface area (Å²) < 4.78 is 45.8. The predicted molar refractivity (Wildman–Crippen MR) is 127 cm³/mol. The number of esters is 1. The Hall–Kier alpha value is -4.33. The maximum Gasteiger partial charge on any atom is 0.387 e. The fourth-order valence-corrected chi connectivity index (χ4v) is 4.93. The minimum absolute atomic E-state index is 0.0147. The van der Waals surface area contributed by atoms with Crippen molar-refractivity contribution in [1.29, 1.82) is 0 Å². The molecule has 12 nitrogen and oxygen atoms in total. The first kappa shape index (κ1) is 24.0. The fraction of sp³-hybridized carbons (Fsp3) is 0.375. The summed E-state index contributed by atoms with van der Waals surface area (Å²) in [5.74, 6) is -1.03. The van der Waals surface area contributed by atoms with Crippen LogP contribution in [0.2, 0.25) is 0 Å². The summed E-state index contributed by atoms with van der Waals surface area (Å²) in [6, 6.07) is 0.581. The number of nitrogens with one attached hydrogen (secondary N) is 2. The average molecular weight is 527 g/mol. The van der Waals surface area contributed by atoms with Gasteiger partial charge in [0.2, 0.25) is 0 Å². The van der Waals surface area contributed by atoms with Crippen LogP contribution in [-0.2, 0) is 19.0 Å². The molecule has 0 saturated carbocycles. The Balaban J connectivity index is 1.46. The fourth-order valence-electron chi connectivity index (χ4n) is 4.93. The molecule has 0 bridgehead atoms. The van der Waals surface area contributed by atoms with Crippen molar-refractivity contribution in [3.63, 3.8) is 0 Å². The summed E-state index contributed by atoms with van der Waals surface area (Å²) in [5, 5.41) is 14.7. The van der Waals surface area contributed by atoms with Crippen LogP contribution in [0.4, 0.5) is 14.5 Å². The highest BCUT2D eigenvalue weighted by Gasteiger charge is 2.38. The van der Waals surface area contributed by atoms with Gasteiger partial charge in [-0.25, -0.2) is 14.3 Å². The summed E-state index contributed by atoms with van der Waals surface area (Å²) in [7, 11) is 0. The Bertz CT molecular complexity index is 1480. The van der Waals surface area contributed by atoms with E-state index in [1.807, 2.05) is 0 Å². The van der Waals surface area contributed by atoms with E-state index >= 15 is 0 Å². The molecule has 3 aromatic heterocycles. The van der Waals surface area contributed by atoms with Crippen molar-refractivity contribution < 1.29 is 32.6 Å². The lowest BCUT2D eigenvalue weighted by molar-refractivity contribution is -0.140. The smallest absolute Gasteiger partial charge is 0.387 e. The van der Waals surface area contributed by atoms with E-state index in [1.54, 1.807) is 25.3 Å². The molecular formula is C24H23F2N7O5. The Labute approximate surface area is 214 Å². The SMILES string of the molecule is CC1C(OC(F)F)=C(c2nn([C@H]3CCOC3=O)cc2NC(=O)c2cnn3cccnc23)C=C2OCCNC21. The third-order valence-electron chi connectivity index (χ3n) is 6.71. The van der Waals surface area contributed by atoms with Crippen molar-refractivity contribution in [2.75, 3.05) is 25.1 Å². The largest absolute Gasteiger partial charge is 0.495 e. The topological polar surface area (TPSA) is 134 Å². The highest BCUT2D eigenvalue weighted by Crippen LogP contribution is 2.40. The number of nitrogens with zero attached hydrogens (tertiary/aromatic N) is 5. The van der Waals surface area contributed by atoms with E-state index in [2.05, 4.69) is 25.8 Å². The van der Waals surface area contributed by atoms with Gasteiger partial charge < -0.3 is 24.8 Å². The molecule has 198 valence electrons. The molecule has 3 aromatic rings. The van der Waals surface area contributed by atoms with Gasteiger partial charge in [-0.2, -0.15) is 19.0 Å². The van der Waals surface area contributed by atoms with Crippen LogP contribution >= 0.6 is 0 Å². The number of hydrogen-bond donors (Lipinski definition) is 2. The first-order chi connectivity index (χ1) is 18.4. The highest BCUT2D eigenvalue weighted by atomic mass is 19.3. The van der Waals surface area contributed by atoms with Gasteiger partial charge in [0.25, 0.3) is 5.91 Å². The van der Waals surface area contributed by atoms with Crippen molar-refractivity contribution in [1.82, 2.24) is 29.7 Å². The Morgan fingerprint density at radius 1 is 1.32 bits per heavy atom. The molecule has 0 radical (unpaired) electrons. The van der Waals surface area contributed by atoms with E-state index in [0.717, 1.165) is 0 Å². The van der Waals surface area contributed by atoms with Gasteiger partial charge in [-0.15, -0.1) is 0 Å². The average Bonchev–Trinajstić information content (AvgIpc) is 3.63. The molecule has 3 aliphatic rings. The number of halogens is 2. The zero-order valence-electron chi connectivity index (χ0n) is 20.1. The number of aromatic nitrogens is 5.